The molecule has 0 fully saturated rings. The third-order valence-corrected chi connectivity index (χ3v) is 3.62. The highest BCUT2D eigenvalue weighted by molar-refractivity contribution is 7.10. The van der Waals surface area contributed by atoms with Crippen LogP contribution in [0.15, 0.2) is 35.7 Å². The van der Waals surface area contributed by atoms with Gasteiger partial charge in [-0.15, -0.1) is 11.3 Å². The molecule has 15 heavy (non-hydrogen) atoms. The fourth-order valence-corrected chi connectivity index (χ4v) is 2.63. The second-order valence-corrected chi connectivity index (χ2v) is 4.81. The van der Waals surface area contributed by atoms with Crippen LogP contribution in [-0.2, 0) is 0 Å². The number of aliphatic hydroxyl groups is 1. The van der Waals surface area contributed by atoms with Crippen molar-refractivity contribution in [3.05, 3.63) is 56.7 Å². The Hall–Kier alpha value is -0.830. The first-order valence-corrected chi connectivity index (χ1v) is 5.92. The quantitative estimate of drug-likeness (QED) is 0.844. The molecule has 2 rings (SSSR count). The molecule has 0 saturated heterocycles. The van der Waals surface area contributed by atoms with Crippen LogP contribution in [0.3, 0.4) is 0 Å². The summed E-state index contributed by atoms with van der Waals surface area (Å²) in [5, 5.41) is 12.8. The maximum Gasteiger partial charge on any atom is 0.113 e. The van der Waals surface area contributed by atoms with Gasteiger partial charge in [-0.05, 0) is 41.6 Å². The van der Waals surface area contributed by atoms with E-state index in [0.717, 1.165) is 16.0 Å². The minimum atomic E-state index is -0.566. The maximum atomic E-state index is 10.1. The Morgan fingerprint density at radius 3 is 2.73 bits per heavy atom. The third kappa shape index (κ3) is 2.23. The van der Waals surface area contributed by atoms with Crippen molar-refractivity contribution in [1.82, 2.24) is 0 Å². The highest BCUT2D eigenvalue weighted by atomic mass is 35.5. The van der Waals surface area contributed by atoms with Gasteiger partial charge in [0.05, 0.1) is 0 Å². The van der Waals surface area contributed by atoms with E-state index in [9.17, 15) is 5.11 Å². The van der Waals surface area contributed by atoms with Gasteiger partial charge in [0.15, 0.2) is 0 Å². The molecule has 0 aliphatic rings. The van der Waals surface area contributed by atoms with Crippen LogP contribution >= 0.6 is 22.9 Å². The van der Waals surface area contributed by atoms with E-state index in [0.29, 0.717) is 5.02 Å². The average Bonchev–Trinajstić information content (AvgIpc) is 2.63. The summed E-state index contributed by atoms with van der Waals surface area (Å²) in [5.74, 6) is 0. The SMILES string of the molecule is Cc1ccsc1C(O)c1cccc(Cl)c1. The zero-order chi connectivity index (χ0) is 10.8. The second-order valence-electron chi connectivity index (χ2n) is 3.43. The molecule has 0 aliphatic heterocycles. The molecule has 1 aromatic heterocycles. The zero-order valence-corrected chi connectivity index (χ0v) is 9.85. The molecule has 0 saturated carbocycles. The standard InChI is InChI=1S/C12H11ClOS/c1-8-5-6-15-12(8)11(14)9-3-2-4-10(13)7-9/h2-7,11,14H,1H3. The van der Waals surface area contributed by atoms with Crippen molar-refractivity contribution in [2.75, 3.05) is 0 Å². The van der Waals surface area contributed by atoms with Crippen molar-refractivity contribution in [2.45, 2.75) is 13.0 Å². The van der Waals surface area contributed by atoms with E-state index in [4.69, 9.17) is 11.6 Å². The van der Waals surface area contributed by atoms with Gasteiger partial charge in [0.2, 0.25) is 0 Å². The van der Waals surface area contributed by atoms with E-state index in [1.165, 1.54) is 0 Å². The lowest BCUT2D eigenvalue weighted by Crippen LogP contribution is -1.98. The van der Waals surface area contributed by atoms with Gasteiger partial charge in [0.25, 0.3) is 0 Å². The molecular weight excluding hydrogens is 228 g/mol. The van der Waals surface area contributed by atoms with Crippen molar-refractivity contribution in [3.8, 4) is 0 Å². The van der Waals surface area contributed by atoms with E-state index in [1.807, 2.05) is 30.5 Å². The molecule has 2 aromatic rings. The zero-order valence-electron chi connectivity index (χ0n) is 8.27. The van der Waals surface area contributed by atoms with Crippen molar-refractivity contribution < 1.29 is 5.11 Å². The second kappa shape index (κ2) is 4.35. The molecule has 0 bridgehead atoms. The fraction of sp³-hybridized carbons (Fsp3) is 0.167. The van der Waals surface area contributed by atoms with Crippen LogP contribution in [0.1, 0.15) is 22.1 Å². The fourth-order valence-electron chi connectivity index (χ4n) is 1.49. The summed E-state index contributed by atoms with van der Waals surface area (Å²) < 4.78 is 0. The summed E-state index contributed by atoms with van der Waals surface area (Å²) in [4.78, 5) is 0.984. The molecule has 0 aliphatic carbocycles. The Morgan fingerprint density at radius 1 is 1.33 bits per heavy atom. The van der Waals surface area contributed by atoms with Gasteiger partial charge in [0.1, 0.15) is 6.10 Å². The number of halogens is 1. The van der Waals surface area contributed by atoms with Crippen molar-refractivity contribution in [1.29, 1.82) is 0 Å². The first-order chi connectivity index (χ1) is 7.18. The molecule has 78 valence electrons. The lowest BCUT2D eigenvalue weighted by Gasteiger charge is -2.10. The highest BCUT2D eigenvalue weighted by Crippen LogP contribution is 2.30. The van der Waals surface area contributed by atoms with Crippen LogP contribution in [-0.4, -0.2) is 5.11 Å². The normalized spacial score (nSPS) is 12.7. The van der Waals surface area contributed by atoms with Crippen LogP contribution in [0, 0.1) is 6.92 Å². The first kappa shape index (κ1) is 10.7. The Morgan fingerprint density at radius 2 is 2.13 bits per heavy atom. The van der Waals surface area contributed by atoms with Crippen molar-refractivity contribution >= 4 is 22.9 Å². The van der Waals surface area contributed by atoms with E-state index >= 15 is 0 Å². The number of hydrogen-bond acceptors (Lipinski definition) is 2. The summed E-state index contributed by atoms with van der Waals surface area (Å²) in [7, 11) is 0. The molecule has 1 nitrogen and oxygen atoms in total. The van der Waals surface area contributed by atoms with Gasteiger partial charge in [-0.1, -0.05) is 23.7 Å². The number of hydrogen-bond donors (Lipinski definition) is 1. The third-order valence-electron chi connectivity index (χ3n) is 2.31. The van der Waals surface area contributed by atoms with Crippen LogP contribution < -0.4 is 0 Å². The molecular formula is C12H11ClOS. The van der Waals surface area contributed by atoms with Gasteiger partial charge < -0.3 is 5.11 Å². The van der Waals surface area contributed by atoms with Gasteiger partial charge in [-0.3, -0.25) is 0 Å². The smallest absolute Gasteiger partial charge is 0.113 e. The Bertz CT molecular complexity index is 464. The van der Waals surface area contributed by atoms with E-state index in [2.05, 4.69) is 0 Å². The number of rotatable bonds is 2. The van der Waals surface area contributed by atoms with E-state index < -0.39 is 6.10 Å². The molecule has 0 spiro atoms. The summed E-state index contributed by atoms with van der Waals surface area (Å²) in [6.45, 7) is 2.00. The Labute approximate surface area is 98.0 Å². The molecule has 0 amide bonds. The number of aliphatic hydroxyl groups excluding tert-OH is 1. The van der Waals surface area contributed by atoms with Gasteiger partial charge in [0, 0.05) is 9.90 Å². The molecule has 0 radical (unpaired) electrons. The van der Waals surface area contributed by atoms with E-state index in [1.54, 1.807) is 23.5 Å². The molecule has 1 unspecified atom stereocenters. The summed E-state index contributed by atoms with van der Waals surface area (Å²) in [5.41, 5.74) is 1.96. The number of benzene rings is 1. The predicted molar refractivity (Wildman–Crippen MR) is 64.6 cm³/mol. The lowest BCUT2D eigenvalue weighted by atomic mass is 10.1. The monoisotopic (exact) mass is 238 g/mol. The van der Waals surface area contributed by atoms with Gasteiger partial charge in [-0.2, -0.15) is 0 Å². The predicted octanol–water partition coefficient (Wildman–Crippen LogP) is 3.79. The molecule has 3 heteroatoms. The maximum absolute atomic E-state index is 10.1. The minimum Gasteiger partial charge on any atom is -0.383 e. The summed E-state index contributed by atoms with van der Waals surface area (Å²) in [6.07, 6.45) is -0.566. The topological polar surface area (TPSA) is 20.2 Å². The first-order valence-electron chi connectivity index (χ1n) is 4.66. The summed E-state index contributed by atoms with van der Waals surface area (Å²) in [6, 6.07) is 9.34. The highest BCUT2D eigenvalue weighted by Gasteiger charge is 2.13. The average molecular weight is 239 g/mol. The van der Waals surface area contributed by atoms with Crippen LogP contribution in [0.4, 0.5) is 0 Å². The van der Waals surface area contributed by atoms with Gasteiger partial charge in [-0.25, -0.2) is 0 Å². The molecule has 1 atom stereocenters. The number of thiophene rings is 1. The molecule has 1 N–H and O–H groups in total. The van der Waals surface area contributed by atoms with Crippen LogP contribution in [0.2, 0.25) is 5.02 Å². The van der Waals surface area contributed by atoms with Crippen LogP contribution in [0.5, 0.6) is 0 Å². The minimum absolute atomic E-state index is 0.566. The number of aryl methyl sites for hydroxylation is 1. The largest absolute Gasteiger partial charge is 0.383 e. The van der Waals surface area contributed by atoms with Gasteiger partial charge >= 0.3 is 0 Å². The van der Waals surface area contributed by atoms with Crippen LogP contribution in [0.25, 0.3) is 0 Å². The summed E-state index contributed by atoms with van der Waals surface area (Å²) >= 11 is 7.45. The van der Waals surface area contributed by atoms with Crippen molar-refractivity contribution in [2.24, 2.45) is 0 Å². The molecule has 1 heterocycles. The van der Waals surface area contributed by atoms with Crippen molar-refractivity contribution in [3.63, 3.8) is 0 Å². The Balaban J connectivity index is 2.36. The Kier molecular flexibility index (Phi) is 3.10. The van der Waals surface area contributed by atoms with E-state index in [-0.39, 0.29) is 0 Å². The lowest BCUT2D eigenvalue weighted by molar-refractivity contribution is 0.223. The molecule has 1 aromatic carbocycles.